The van der Waals surface area contributed by atoms with Crippen LogP contribution in [0.4, 0.5) is 39.5 Å². The van der Waals surface area contributed by atoms with Crippen LogP contribution in [0.25, 0.3) is 22.3 Å². The highest BCUT2D eigenvalue weighted by Crippen LogP contribution is 2.39. The summed E-state index contributed by atoms with van der Waals surface area (Å²) in [7, 11) is -18.6. The van der Waals surface area contributed by atoms with Gasteiger partial charge in [-0.1, -0.05) is 48.5 Å². The van der Waals surface area contributed by atoms with Gasteiger partial charge in [0.15, 0.2) is 66.9 Å². The molecule has 442 valence electrons. The van der Waals surface area contributed by atoms with Crippen molar-refractivity contribution in [3.63, 3.8) is 0 Å². The van der Waals surface area contributed by atoms with Crippen LogP contribution < -0.4 is 21.2 Å². The van der Waals surface area contributed by atoms with Crippen LogP contribution in [-0.2, 0) is 52.1 Å². The standard InChI is InChI=1S/C56H52IS2.3CHF3O3S/c1-37-13-9-17-53(41(37)5)58(54-18-10-14-38(2)42(54)6)51-33-25-47(26-34-51)45-21-29-49(30-22-45)57-50-31-23-46(24-32-50)48-27-35-52(36-28-48)59(55-19-11-15-39(3)43(55)7)56-20-12-16-40(4)44(56)8;3*2-1(3,4)8(5,6)7/h9-36H,1-8H3;3*(H,5,6,7)/q+3;;;/p-3. The Morgan fingerprint density at radius 2 is 0.494 bits per heavy atom. The third kappa shape index (κ3) is 17.9. The molecule has 0 aliphatic carbocycles. The molecule has 0 amide bonds. The molecule has 0 heterocycles. The molecule has 0 spiro atoms. The zero-order valence-corrected chi connectivity index (χ0v) is 51.4. The van der Waals surface area contributed by atoms with Crippen LogP contribution in [-0.4, -0.2) is 55.4 Å². The van der Waals surface area contributed by atoms with Crippen molar-refractivity contribution in [1.82, 2.24) is 0 Å². The van der Waals surface area contributed by atoms with Gasteiger partial charge < -0.3 is 13.7 Å². The van der Waals surface area contributed by atoms with Gasteiger partial charge in [-0.3, -0.25) is 0 Å². The molecular formula is C59H52F9IO9S5. The van der Waals surface area contributed by atoms with Gasteiger partial charge in [-0.15, -0.1) is 0 Å². The van der Waals surface area contributed by atoms with Crippen molar-refractivity contribution in [2.45, 2.75) is 101 Å². The number of hydrogen-bond donors (Lipinski definition) is 0. The van der Waals surface area contributed by atoms with E-state index in [1.807, 2.05) is 0 Å². The highest BCUT2D eigenvalue weighted by molar-refractivity contribution is 7.97. The maximum atomic E-state index is 10.7. The molecule has 0 aromatic heterocycles. The van der Waals surface area contributed by atoms with Gasteiger partial charge in [-0.25, -0.2) is 25.3 Å². The number of halogens is 10. The average Bonchev–Trinajstić information content (AvgIpc) is 3.43. The molecule has 8 aromatic carbocycles. The minimum atomic E-state index is -6.09. The number of hydrogen-bond acceptors (Lipinski definition) is 9. The fourth-order valence-electron chi connectivity index (χ4n) is 7.63. The Labute approximate surface area is 493 Å². The van der Waals surface area contributed by atoms with Gasteiger partial charge in [-0.2, -0.15) is 39.5 Å². The Hall–Kier alpha value is -5.71. The topological polar surface area (TPSA) is 172 Å². The van der Waals surface area contributed by atoms with Crippen molar-refractivity contribution in [2.75, 3.05) is 0 Å². The Balaban J connectivity index is 0.000000439. The molecule has 83 heavy (non-hydrogen) atoms. The molecule has 8 rings (SSSR count). The zero-order chi connectivity index (χ0) is 62.2. The lowest BCUT2D eigenvalue weighted by Crippen LogP contribution is -3.61. The van der Waals surface area contributed by atoms with Crippen LogP contribution in [0, 0.1) is 62.5 Å². The minimum absolute atomic E-state index is 0.180. The predicted octanol–water partition coefficient (Wildman–Crippen LogP) is 12.0. The highest BCUT2D eigenvalue weighted by Gasteiger charge is 2.39. The van der Waals surface area contributed by atoms with Crippen molar-refractivity contribution in [1.29, 1.82) is 0 Å². The molecule has 0 fully saturated rings. The van der Waals surface area contributed by atoms with Gasteiger partial charge in [0.1, 0.15) is 0 Å². The van der Waals surface area contributed by atoms with Crippen LogP contribution in [0.1, 0.15) is 44.5 Å². The van der Waals surface area contributed by atoms with Crippen molar-refractivity contribution in [3.8, 4) is 22.3 Å². The molecule has 0 atom stereocenters. The van der Waals surface area contributed by atoms with Crippen molar-refractivity contribution in [3.05, 3.63) is 222 Å². The van der Waals surface area contributed by atoms with E-state index in [1.54, 1.807) is 0 Å². The second-order valence-electron chi connectivity index (χ2n) is 18.3. The van der Waals surface area contributed by atoms with Gasteiger partial charge in [0.25, 0.3) is 0 Å². The molecule has 0 saturated carbocycles. The monoisotopic (exact) mass is 1360 g/mol. The molecule has 24 heteroatoms. The van der Waals surface area contributed by atoms with Crippen LogP contribution in [0.2, 0.25) is 0 Å². The summed E-state index contributed by atoms with van der Waals surface area (Å²) < 4.78 is 180. The van der Waals surface area contributed by atoms with Gasteiger partial charge in [-0.05, 0) is 221 Å². The third-order valence-corrected chi connectivity index (χ3v) is 22.1. The molecule has 0 saturated heterocycles. The SMILES string of the molecule is Cc1cccc([S+](c2ccc(-c3ccc([I+]c4ccc(-c5ccc([S+](c6cccc(C)c6C)c6cccc(C)c6C)cc5)cc4)cc3)cc2)c2cccc(C)c2C)c1C.O=S(=O)([O-])C(F)(F)F.O=S(=O)([O-])C(F)(F)F.O=S(=O)([O-])C(F)(F)F. The maximum absolute atomic E-state index is 10.7. The molecular weight excluding hydrogens is 1310 g/mol. The van der Waals surface area contributed by atoms with E-state index in [0.717, 1.165) is 0 Å². The lowest BCUT2D eigenvalue weighted by atomic mass is 10.1. The highest BCUT2D eigenvalue weighted by atomic mass is 127. The summed E-state index contributed by atoms with van der Waals surface area (Å²) in [4.78, 5) is 8.37. The summed E-state index contributed by atoms with van der Waals surface area (Å²) in [5.74, 6) is 0. The van der Waals surface area contributed by atoms with Crippen LogP contribution in [0.3, 0.4) is 0 Å². The van der Waals surface area contributed by atoms with Crippen LogP contribution in [0.15, 0.2) is 199 Å². The van der Waals surface area contributed by atoms with E-state index in [9.17, 15) is 39.5 Å². The summed E-state index contributed by atoms with van der Waals surface area (Å²) >= 11 is -0.292. The fourth-order valence-corrected chi connectivity index (χ4v) is 14.8. The first-order valence-electron chi connectivity index (χ1n) is 24.2. The second kappa shape index (κ2) is 27.5. The number of benzene rings is 8. The van der Waals surface area contributed by atoms with Crippen molar-refractivity contribution >= 4 is 52.1 Å². The number of rotatable bonds is 10. The summed E-state index contributed by atoms with van der Waals surface area (Å²) in [6.07, 6.45) is 0. The van der Waals surface area contributed by atoms with Gasteiger partial charge >= 0.3 is 37.7 Å². The minimum Gasteiger partial charge on any atom is -0.741 e. The Kier molecular flexibility index (Phi) is 22.6. The summed E-state index contributed by atoms with van der Waals surface area (Å²) in [6.45, 7) is 18.0. The lowest BCUT2D eigenvalue weighted by Gasteiger charge is -2.15. The van der Waals surface area contributed by atoms with E-state index in [-0.39, 0.29) is 43.0 Å². The Morgan fingerprint density at radius 1 is 0.313 bits per heavy atom. The normalized spacial score (nSPS) is 12.2. The van der Waals surface area contributed by atoms with E-state index in [2.05, 4.69) is 225 Å². The first kappa shape index (κ1) is 68.1. The van der Waals surface area contributed by atoms with Crippen molar-refractivity contribution < 1.29 is 99.6 Å². The first-order valence-corrected chi connectivity index (χ1v) is 33.0. The maximum Gasteiger partial charge on any atom is 0.485 e. The molecule has 0 bridgehead atoms. The summed E-state index contributed by atoms with van der Waals surface area (Å²) in [5.41, 5.74) is -0.974. The largest absolute Gasteiger partial charge is 0.741 e. The van der Waals surface area contributed by atoms with Crippen LogP contribution >= 0.6 is 0 Å². The molecule has 0 aliphatic rings. The van der Waals surface area contributed by atoms with E-state index >= 15 is 0 Å². The third-order valence-electron chi connectivity index (χ3n) is 12.7. The number of aryl methyl sites for hydroxylation is 4. The van der Waals surface area contributed by atoms with Gasteiger partial charge in [0, 0.05) is 22.3 Å². The van der Waals surface area contributed by atoms with E-state index in [4.69, 9.17) is 38.9 Å². The molecule has 8 aromatic rings. The van der Waals surface area contributed by atoms with Crippen LogP contribution in [0.5, 0.6) is 0 Å². The predicted molar refractivity (Wildman–Crippen MR) is 296 cm³/mol. The summed E-state index contributed by atoms with van der Waals surface area (Å²) in [5, 5.41) is 0. The molecule has 0 unspecified atom stereocenters. The number of alkyl halides is 9. The van der Waals surface area contributed by atoms with Gasteiger partial charge in [0.05, 0.1) is 21.8 Å². The van der Waals surface area contributed by atoms with E-state index < -0.39 is 46.9 Å². The molecule has 9 nitrogen and oxygen atoms in total. The molecule has 0 N–H and O–H groups in total. The average molecular weight is 1360 g/mol. The summed E-state index contributed by atoms with van der Waals surface area (Å²) in [6, 6.07) is 64.3. The second-order valence-corrected chi connectivity index (χ2v) is 29.3. The fraction of sp³-hybridized carbons (Fsp3) is 0.186. The van der Waals surface area contributed by atoms with E-state index in [0.29, 0.717) is 0 Å². The molecule has 0 radical (unpaired) electrons. The smallest absolute Gasteiger partial charge is 0.485 e. The van der Waals surface area contributed by atoms with E-state index in [1.165, 1.54) is 103 Å². The zero-order valence-electron chi connectivity index (χ0n) is 45.2. The molecule has 0 aliphatic heterocycles. The Bertz CT molecular complexity index is 3500. The Morgan fingerprint density at radius 3 is 0.675 bits per heavy atom. The lowest BCUT2D eigenvalue weighted by molar-refractivity contribution is -0.597. The van der Waals surface area contributed by atoms with Crippen molar-refractivity contribution in [2.24, 2.45) is 0 Å². The van der Waals surface area contributed by atoms with Gasteiger partial charge in [0.2, 0.25) is 0 Å². The first-order chi connectivity index (χ1) is 38.3. The quantitative estimate of drug-likeness (QED) is 0.0425.